The maximum absolute atomic E-state index is 12.6. The van der Waals surface area contributed by atoms with Crippen molar-refractivity contribution in [1.29, 1.82) is 0 Å². The molecule has 0 spiro atoms. The molecular weight excluding hydrogens is 311 g/mol. The van der Waals surface area contributed by atoms with Gasteiger partial charge in [-0.25, -0.2) is 4.79 Å². The van der Waals surface area contributed by atoms with Gasteiger partial charge in [-0.1, -0.05) is 11.8 Å². The van der Waals surface area contributed by atoms with Crippen LogP contribution >= 0.6 is 11.8 Å². The average molecular weight is 325 g/mol. The van der Waals surface area contributed by atoms with Crippen LogP contribution < -0.4 is 10.6 Å². The van der Waals surface area contributed by atoms with Crippen molar-refractivity contribution in [2.24, 2.45) is 7.05 Å². The third kappa shape index (κ3) is 4.62. The number of thioether (sulfide) groups is 1. The minimum atomic E-state index is -4.62. The molecule has 1 atom stereocenters. The van der Waals surface area contributed by atoms with E-state index >= 15 is 0 Å². The molecule has 21 heavy (non-hydrogen) atoms. The van der Waals surface area contributed by atoms with Crippen molar-refractivity contribution in [3.63, 3.8) is 0 Å². The molecule has 0 fully saturated rings. The minimum Gasteiger partial charge on any atom is -0.338 e. The maximum Gasteiger partial charge on any atom is 0.451 e. The summed E-state index contributed by atoms with van der Waals surface area (Å²) in [4.78, 5) is 22.9. The van der Waals surface area contributed by atoms with E-state index in [0.717, 1.165) is 23.4 Å². The normalized spacial score (nSPS) is 12.9. The van der Waals surface area contributed by atoms with E-state index in [9.17, 15) is 22.8 Å². The van der Waals surface area contributed by atoms with Crippen molar-refractivity contribution in [2.75, 3.05) is 6.54 Å². The summed E-state index contributed by atoms with van der Waals surface area (Å²) in [5, 5.41) is 10.0. The Morgan fingerprint density at radius 2 is 2.00 bits per heavy atom. The van der Waals surface area contributed by atoms with Crippen LogP contribution in [0.3, 0.4) is 0 Å². The molecule has 0 aliphatic heterocycles. The molecule has 0 aromatic carbocycles. The van der Waals surface area contributed by atoms with Gasteiger partial charge < -0.3 is 9.88 Å². The maximum atomic E-state index is 12.6. The largest absolute Gasteiger partial charge is 0.451 e. The number of amides is 3. The number of aromatic nitrogens is 3. The van der Waals surface area contributed by atoms with E-state index in [0.29, 0.717) is 6.54 Å². The summed E-state index contributed by atoms with van der Waals surface area (Å²) >= 11 is 0.773. The molecule has 0 aliphatic rings. The molecule has 0 saturated heterocycles. The van der Waals surface area contributed by atoms with Crippen molar-refractivity contribution in [3.05, 3.63) is 5.82 Å². The highest BCUT2D eigenvalue weighted by Gasteiger charge is 2.37. The quantitative estimate of drug-likeness (QED) is 0.811. The molecule has 118 valence electrons. The number of nitrogens with one attached hydrogen (secondary N) is 2. The highest BCUT2D eigenvalue weighted by atomic mass is 32.2. The van der Waals surface area contributed by atoms with Gasteiger partial charge in [-0.05, 0) is 13.8 Å². The lowest BCUT2D eigenvalue weighted by Crippen LogP contribution is -2.42. The van der Waals surface area contributed by atoms with E-state index in [-0.39, 0.29) is 5.16 Å². The Balaban J connectivity index is 2.71. The molecule has 0 saturated carbocycles. The first-order valence-electron chi connectivity index (χ1n) is 5.88. The van der Waals surface area contributed by atoms with Gasteiger partial charge in [0, 0.05) is 13.6 Å². The fourth-order valence-electron chi connectivity index (χ4n) is 1.29. The highest BCUT2D eigenvalue weighted by Crippen LogP contribution is 2.30. The fraction of sp³-hybridized carbons (Fsp3) is 0.600. The van der Waals surface area contributed by atoms with Crippen molar-refractivity contribution in [1.82, 2.24) is 25.4 Å². The summed E-state index contributed by atoms with van der Waals surface area (Å²) in [5.74, 6) is -1.79. The van der Waals surface area contributed by atoms with E-state index in [1.807, 2.05) is 0 Å². The monoisotopic (exact) mass is 325 g/mol. The van der Waals surface area contributed by atoms with E-state index in [2.05, 4.69) is 20.8 Å². The van der Waals surface area contributed by atoms with Crippen LogP contribution in [0, 0.1) is 0 Å². The molecule has 11 heteroatoms. The van der Waals surface area contributed by atoms with Gasteiger partial charge in [0.1, 0.15) is 0 Å². The van der Waals surface area contributed by atoms with Crippen molar-refractivity contribution >= 4 is 23.7 Å². The predicted octanol–water partition coefficient (Wildman–Crippen LogP) is 1.16. The summed E-state index contributed by atoms with van der Waals surface area (Å²) in [7, 11) is 1.15. The van der Waals surface area contributed by atoms with Gasteiger partial charge in [0.05, 0.1) is 5.25 Å². The topological polar surface area (TPSA) is 88.9 Å². The molecule has 0 aliphatic carbocycles. The highest BCUT2D eigenvalue weighted by molar-refractivity contribution is 8.00. The molecule has 0 radical (unpaired) electrons. The first kappa shape index (κ1) is 17.3. The molecular formula is C10H14F3N5O2S. The molecule has 3 amide bonds. The Morgan fingerprint density at radius 3 is 2.48 bits per heavy atom. The van der Waals surface area contributed by atoms with Crippen LogP contribution in [0.1, 0.15) is 19.7 Å². The number of rotatable bonds is 4. The summed E-state index contributed by atoms with van der Waals surface area (Å²) in [6.07, 6.45) is -4.62. The number of imide groups is 1. The molecule has 2 N–H and O–H groups in total. The van der Waals surface area contributed by atoms with Gasteiger partial charge in [-0.15, -0.1) is 10.2 Å². The van der Waals surface area contributed by atoms with E-state index in [1.165, 1.54) is 6.92 Å². The van der Waals surface area contributed by atoms with Crippen molar-refractivity contribution in [3.8, 4) is 0 Å². The van der Waals surface area contributed by atoms with Gasteiger partial charge >= 0.3 is 12.2 Å². The van der Waals surface area contributed by atoms with Gasteiger partial charge in [0.25, 0.3) is 0 Å². The van der Waals surface area contributed by atoms with Crippen LogP contribution in [-0.4, -0.2) is 38.5 Å². The zero-order chi connectivity index (χ0) is 16.2. The molecule has 7 nitrogen and oxygen atoms in total. The average Bonchev–Trinajstić information content (AvgIpc) is 2.70. The van der Waals surface area contributed by atoms with Crippen LogP contribution in [0.2, 0.25) is 0 Å². The summed E-state index contributed by atoms with van der Waals surface area (Å²) < 4.78 is 38.4. The number of halogens is 3. The lowest BCUT2D eigenvalue weighted by atomic mass is 10.4. The first-order chi connectivity index (χ1) is 9.66. The Labute approximate surface area is 122 Å². The SMILES string of the molecule is CCNC(=O)NC(=O)C(C)Sc1nnc(C(F)(F)F)n1C. The smallest absolute Gasteiger partial charge is 0.338 e. The van der Waals surface area contributed by atoms with Gasteiger partial charge in [0.15, 0.2) is 5.16 Å². The van der Waals surface area contributed by atoms with Crippen molar-refractivity contribution in [2.45, 2.75) is 30.4 Å². The van der Waals surface area contributed by atoms with E-state index in [1.54, 1.807) is 6.92 Å². The van der Waals surface area contributed by atoms with Crippen LogP contribution in [0.4, 0.5) is 18.0 Å². The second-order valence-corrected chi connectivity index (χ2v) is 5.28. The molecule has 1 aromatic rings. The van der Waals surface area contributed by atoms with Crippen molar-refractivity contribution < 1.29 is 22.8 Å². The van der Waals surface area contributed by atoms with Crippen LogP contribution in [-0.2, 0) is 18.0 Å². The molecule has 1 aromatic heterocycles. The Morgan fingerprint density at radius 1 is 1.38 bits per heavy atom. The van der Waals surface area contributed by atoms with Crippen LogP contribution in [0.25, 0.3) is 0 Å². The van der Waals surface area contributed by atoms with E-state index in [4.69, 9.17) is 0 Å². The zero-order valence-corrected chi connectivity index (χ0v) is 12.3. The zero-order valence-electron chi connectivity index (χ0n) is 11.5. The standard InChI is InChI=1S/C10H14F3N5O2S/c1-4-14-8(20)15-6(19)5(2)21-9-17-16-7(18(9)3)10(11,12)13/h5H,4H2,1-3H3,(H2,14,15,19,20). The third-order valence-electron chi connectivity index (χ3n) is 2.31. The minimum absolute atomic E-state index is 0.0686. The number of alkyl halides is 3. The summed E-state index contributed by atoms with van der Waals surface area (Å²) in [6.45, 7) is 3.47. The number of carbonyl (C=O) groups excluding carboxylic acids is 2. The Hall–Kier alpha value is -1.78. The van der Waals surface area contributed by atoms with Gasteiger partial charge in [0.2, 0.25) is 11.7 Å². The van der Waals surface area contributed by atoms with Gasteiger partial charge in [-0.2, -0.15) is 13.2 Å². The second-order valence-electron chi connectivity index (χ2n) is 3.97. The second kappa shape index (κ2) is 6.78. The predicted molar refractivity (Wildman–Crippen MR) is 68.5 cm³/mol. The van der Waals surface area contributed by atoms with E-state index < -0.39 is 29.2 Å². The number of carbonyl (C=O) groups is 2. The lowest BCUT2D eigenvalue weighted by Gasteiger charge is -2.11. The lowest BCUT2D eigenvalue weighted by molar-refractivity contribution is -0.147. The Kier molecular flexibility index (Phi) is 5.58. The number of hydrogen-bond acceptors (Lipinski definition) is 5. The Bertz CT molecular complexity index is 531. The number of nitrogens with zero attached hydrogens (tertiary/aromatic N) is 3. The van der Waals surface area contributed by atoms with Crippen LogP contribution in [0.15, 0.2) is 5.16 Å². The third-order valence-corrected chi connectivity index (χ3v) is 3.45. The van der Waals surface area contributed by atoms with Crippen LogP contribution in [0.5, 0.6) is 0 Å². The molecule has 0 bridgehead atoms. The fourth-order valence-corrected chi connectivity index (χ4v) is 2.11. The molecule has 1 rings (SSSR count). The summed E-state index contributed by atoms with van der Waals surface area (Å²) in [5.41, 5.74) is 0. The van der Waals surface area contributed by atoms with Gasteiger partial charge in [-0.3, -0.25) is 10.1 Å². The molecule has 1 unspecified atom stereocenters. The number of urea groups is 1. The summed E-state index contributed by atoms with van der Waals surface area (Å²) in [6, 6.07) is -0.663. The molecule has 1 heterocycles. The number of hydrogen-bond donors (Lipinski definition) is 2. The first-order valence-corrected chi connectivity index (χ1v) is 6.76.